The summed E-state index contributed by atoms with van der Waals surface area (Å²) < 4.78 is 33.6. The van der Waals surface area contributed by atoms with E-state index < -0.39 is 15.8 Å². The predicted molar refractivity (Wildman–Crippen MR) is 50.0 cm³/mol. The zero-order valence-electron chi connectivity index (χ0n) is 7.63. The highest BCUT2D eigenvalue weighted by Crippen LogP contribution is 2.14. The molecule has 1 atom stereocenters. The summed E-state index contributed by atoms with van der Waals surface area (Å²) in [7, 11) is -3.41. The van der Waals surface area contributed by atoms with Crippen molar-refractivity contribution in [2.24, 2.45) is 5.92 Å². The molecule has 3 nitrogen and oxygen atoms in total. The van der Waals surface area contributed by atoms with Crippen molar-refractivity contribution >= 4 is 9.84 Å². The van der Waals surface area contributed by atoms with E-state index in [-0.39, 0.29) is 5.75 Å². The molecule has 0 radical (unpaired) electrons. The van der Waals surface area contributed by atoms with Crippen molar-refractivity contribution in [2.75, 3.05) is 24.8 Å². The molecule has 0 aromatic heterocycles. The highest BCUT2D eigenvalue weighted by molar-refractivity contribution is 7.91. The van der Waals surface area contributed by atoms with Crippen LogP contribution in [0.2, 0.25) is 0 Å². The molecule has 13 heavy (non-hydrogen) atoms. The molecule has 0 saturated carbocycles. The third kappa shape index (κ3) is 4.04. The highest BCUT2D eigenvalue weighted by Gasteiger charge is 2.17. The Morgan fingerprint density at radius 3 is 2.77 bits per heavy atom. The Kier molecular flexibility index (Phi) is 4.12. The molecular formula is C8H16FNO2S. The van der Waals surface area contributed by atoms with Gasteiger partial charge in [0.2, 0.25) is 0 Å². The summed E-state index contributed by atoms with van der Waals surface area (Å²) in [5.41, 5.74) is 0. The summed E-state index contributed by atoms with van der Waals surface area (Å²) in [5.74, 6) is 0.408. The van der Waals surface area contributed by atoms with Gasteiger partial charge in [0, 0.05) is 0 Å². The SMILES string of the molecule is O=S(=O)(CF)CCC1CCCNC1. The van der Waals surface area contributed by atoms with Crippen LogP contribution in [0.15, 0.2) is 0 Å². The molecule has 1 unspecified atom stereocenters. The third-order valence-corrected chi connectivity index (χ3v) is 3.59. The second kappa shape index (κ2) is 4.91. The van der Waals surface area contributed by atoms with Crippen LogP contribution in [0.4, 0.5) is 4.39 Å². The molecule has 0 aliphatic carbocycles. The largest absolute Gasteiger partial charge is 0.316 e. The van der Waals surface area contributed by atoms with Crippen molar-refractivity contribution in [3.05, 3.63) is 0 Å². The number of hydrogen-bond acceptors (Lipinski definition) is 3. The van der Waals surface area contributed by atoms with Gasteiger partial charge in [0.05, 0.1) is 5.75 Å². The molecule has 0 amide bonds. The summed E-state index contributed by atoms with van der Waals surface area (Å²) in [5, 5.41) is 3.20. The lowest BCUT2D eigenvalue weighted by Crippen LogP contribution is -2.30. The first-order valence-electron chi connectivity index (χ1n) is 4.61. The topological polar surface area (TPSA) is 46.2 Å². The van der Waals surface area contributed by atoms with Crippen LogP contribution in [0.25, 0.3) is 0 Å². The minimum Gasteiger partial charge on any atom is -0.316 e. The summed E-state index contributed by atoms with van der Waals surface area (Å²) in [6.45, 7) is 1.90. The second-order valence-electron chi connectivity index (χ2n) is 3.56. The molecule has 0 aromatic rings. The first-order valence-corrected chi connectivity index (χ1v) is 6.43. The lowest BCUT2D eigenvalue weighted by Gasteiger charge is -2.22. The fourth-order valence-electron chi connectivity index (χ4n) is 1.57. The van der Waals surface area contributed by atoms with E-state index in [9.17, 15) is 12.8 Å². The van der Waals surface area contributed by atoms with Crippen molar-refractivity contribution in [1.29, 1.82) is 0 Å². The van der Waals surface area contributed by atoms with E-state index in [4.69, 9.17) is 0 Å². The number of rotatable bonds is 4. The third-order valence-electron chi connectivity index (χ3n) is 2.40. The zero-order chi connectivity index (χ0) is 9.73. The molecule has 1 fully saturated rings. The average molecular weight is 209 g/mol. The fourth-order valence-corrected chi connectivity index (χ4v) is 2.37. The minimum atomic E-state index is -3.41. The Morgan fingerprint density at radius 2 is 2.23 bits per heavy atom. The van der Waals surface area contributed by atoms with Crippen LogP contribution in [0.5, 0.6) is 0 Å². The quantitative estimate of drug-likeness (QED) is 0.742. The normalized spacial score (nSPS) is 24.5. The van der Waals surface area contributed by atoms with Gasteiger partial charge in [-0.05, 0) is 38.3 Å². The zero-order valence-corrected chi connectivity index (χ0v) is 8.45. The van der Waals surface area contributed by atoms with Crippen molar-refractivity contribution in [2.45, 2.75) is 19.3 Å². The van der Waals surface area contributed by atoms with Crippen molar-refractivity contribution in [3.8, 4) is 0 Å². The van der Waals surface area contributed by atoms with Gasteiger partial charge in [-0.3, -0.25) is 0 Å². The summed E-state index contributed by atoms with van der Waals surface area (Å²) in [6, 6.07) is -1.22. The van der Waals surface area contributed by atoms with Gasteiger partial charge in [0.1, 0.15) is 0 Å². The van der Waals surface area contributed by atoms with Gasteiger partial charge in [-0.25, -0.2) is 12.8 Å². The van der Waals surface area contributed by atoms with E-state index in [1.165, 1.54) is 0 Å². The maximum atomic E-state index is 11.9. The Morgan fingerprint density at radius 1 is 1.46 bits per heavy atom. The average Bonchev–Trinajstić information content (AvgIpc) is 2.17. The standard InChI is InChI=1S/C8H16FNO2S/c9-7-13(11,12)5-3-8-2-1-4-10-6-8/h8,10H,1-7H2. The van der Waals surface area contributed by atoms with Crippen LogP contribution in [-0.4, -0.2) is 33.3 Å². The Hall–Kier alpha value is -0.160. The van der Waals surface area contributed by atoms with Gasteiger partial charge in [-0.1, -0.05) is 0 Å². The van der Waals surface area contributed by atoms with Crippen LogP contribution < -0.4 is 5.32 Å². The Balaban J connectivity index is 2.25. The first kappa shape index (κ1) is 10.9. The number of alkyl halides is 1. The second-order valence-corrected chi connectivity index (χ2v) is 5.67. The molecule has 1 rings (SSSR count). The van der Waals surface area contributed by atoms with E-state index in [0.717, 1.165) is 25.9 Å². The fraction of sp³-hybridized carbons (Fsp3) is 1.00. The number of nitrogens with one attached hydrogen (secondary N) is 1. The molecule has 1 heterocycles. The number of halogens is 1. The maximum Gasteiger partial charge on any atom is 0.190 e. The highest BCUT2D eigenvalue weighted by atomic mass is 32.2. The molecule has 0 bridgehead atoms. The number of hydrogen-bond donors (Lipinski definition) is 1. The van der Waals surface area contributed by atoms with Crippen LogP contribution >= 0.6 is 0 Å². The minimum absolute atomic E-state index is 0.00412. The molecule has 5 heteroatoms. The maximum absolute atomic E-state index is 11.9. The molecule has 78 valence electrons. The van der Waals surface area contributed by atoms with Crippen molar-refractivity contribution in [1.82, 2.24) is 5.32 Å². The smallest absolute Gasteiger partial charge is 0.190 e. The van der Waals surface area contributed by atoms with E-state index in [0.29, 0.717) is 12.3 Å². The first-order chi connectivity index (χ1) is 6.14. The molecule has 1 N–H and O–H groups in total. The monoisotopic (exact) mass is 209 g/mol. The molecule has 1 aliphatic heterocycles. The van der Waals surface area contributed by atoms with E-state index in [2.05, 4.69) is 5.32 Å². The Bertz CT molecular complexity index is 235. The van der Waals surface area contributed by atoms with Crippen molar-refractivity contribution in [3.63, 3.8) is 0 Å². The summed E-state index contributed by atoms with van der Waals surface area (Å²) in [6.07, 6.45) is 2.76. The Labute approximate surface area is 78.6 Å². The lowest BCUT2D eigenvalue weighted by atomic mass is 9.97. The molecule has 1 aliphatic rings. The van der Waals surface area contributed by atoms with Gasteiger partial charge in [-0.15, -0.1) is 0 Å². The van der Waals surface area contributed by atoms with E-state index >= 15 is 0 Å². The molecule has 0 aromatic carbocycles. The van der Waals surface area contributed by atoms with Gasteiger partial charge in [-0.2, -0.15) is 0 Å². The van der Waals surface area contributed by atoms with Crippen LogP contribution in [0.3, 0.4) is 0 Å². The van der Waals surface area contributed by atoms with Gasteiger partial charge in [0.15, 0.2) is 15.8 Å². The number of piperidine rings is 1. The van der Waals surface area contributed by atoms with Gasteiger partial charge < -0.3 is 5.32 Å². The van der Waals surface area contributed by atoms with Gasteiger partial charge in [0.25, 0.3) is 0 Å². The van der Waals surface area contributed by atoms with Crippen LogP contribution in [0, 0.1) is 5.92 Å². The lowest BCUT2D eigenvalue weighted by molar-refractivity contribution is 0.368. The summed E-state index contributed by atoms with van der Waals surface area (Å²) >= 11 is 0. The summed E-state index contributed by atoms with van der Waals surface area (Å²) in [4.78, 5) is 0. The van der Waals surface area contributed by atoms with E-state index in [1.54, 1.807) is 0 Å². The molecular weight excluding hydrogens is 193 g/mol. The van der Waals surface area contributed by atoms with Gasteiger partial charge >= 0.3 is 0 Å². The van der Waals surface area contributed by atoms with Crippen molar-refractivity contribution < 1.29 is 12.8 Å². The van der Waals surface area contributed by atoms with E-state index in [1.807, 2.05) is 0 Å². The van der Waals surface area contributed by atoms with Crippen LogP contribution in [0.1, 0.15) is 19.3 Å². The molecule has 0 spiro atoms. The number of sulfone groups is 1. The van der Waals surface area contributed by atoms with Crippen LogP contribution in [-0.2, 0) is 9.84 Å². The predicted octanol–water partition coefficient (Wildman–Crippen LogP) is 0.718. The molecule has 1 saturated heterocycles.